The summed E-state index contributed by atoms with van der Waals surface area (Å²) in [6.45, 7) is 8.60. The number of hydrogen-bond acceptors (Lipinski definition) is 2. The average molecular weight is 341 g/mol. The van der Waals surface area contributed by atoms with Gasteiger partial charge in [-0.2, -0.15) is 0 Å². The molecule has 0 aliphatic heterocycles. The SMILES string of the molecule is COc1c(C)cc(Br)c(C)c1C(O)C1CCCC1(C)C. The quantitative estimate of drug-likeness (QED) is 0.844. The smallest absolute Gasteiger partial charge is 0.127 e. The van der Waals surface area contributed by atoms with Crippen LogP contribution in [0.15, 0.2) is 10.5 Å². The zero-order valence-corrected chi connectivity index (χ0v) is 14.7. The Morgan fingerprint density at radius 2 is 2.05 bits per heavy atom. The van der Waals surface area contributed by atoms with Crippen molar-refractivity contribution in [3.05, 3.63) is 27.2 Å². The van der Waals surface area contributed by atoms with E-state index in [1.807, 2.05) is 13.8 Å². The minimum Gasteiger partial charge on any atom is -0.496 e. The van der Waals surface area contributed by atoms with Crippen molar-refractivity contribution in [2.45, 2.75) is 53.1 Å². The molecule has 112 valence electrons. The predicted octanol–water partition coefficient (Wildman–Crippen LogP) is 4.93. The van der Waals surface area contributed by atoms with Gasteiger partial charge >= 0.3 is 0 Å². The molecular formula is C17H25BrO2. The second-order valence-electron chi connectivity index (χ2n) is 6.68. The summed E-state index contributed by atoms with van der Waals surface area (Å²) in [6.07, 6.45) is 3.01. The number of aryl methyl sites for hydroxylation is 1. The standard InChI is InChI=1S/C17H25BrO2/c1-10-9-13(18)11(2)14(16(10)20-5)15(19)12-7-6-8-17(12,3)4/h9,12,15,19H,6-8H2,1-5H3. The summed E-state index contributed by atoms with van der Waals surface area (Å²) in [5, 5.41) is 11.0. The van der Waals surface area contributed by atoms with Gasteiger partial charge in [-0.05, 0) is 55.2 Å². The van der Waals surface area contributed by atoms with Gasteiger partial charge in [-0.25, -0.2) is 0 Å². The highest BCUT2D eigenvalue weighted by atomic mass is 79.9. The molecule has 0 radical (unpaired) electrons. The van der Waals surface area contributed by atoms with Gasteiger partial charge in [0.1, 0.15) is 5.75 Å². The normalized spacial score (nSPS) is 22.9. The minimum absolute atomic E-state index is 0.188. The summed E-state index contributed by atoms with van der Waals surface area (Å²) in [5.41, 5.74) is 3.30. The summed E-state index contributed by atoms with van der Waals surface area (Å²) in [4.78, 5) is 0. The van der Waals surface area contributed by atoms with Gasteiger partial charge < -0.3 is 9.84 Å². The molecule has 2 atom stereocenters. The van der Waals surface area contributed by atoms with Gasteiger partial charge in [0, 0.05) is 10.0 Å². The maximum atomic E-state index is 11.0. The highest BCUT2D eigenvalue weighted by Crippen LogP contribution is 2.51. The first-order chi connectivity index (χ1) is 9.29. The van der Waals surface area contributed by atoms with Crippen molar-refractivity contribution in [2.75, 3.05) is 7.11 Å². The number of aliphatic hydroxyl groups is 1. The Bertz CT molecular complexity index is 508. The molecule has 1 aromatic rings. The summed E-state index contributed by atoms with van der Waals surface area (Å²) < 4.78 is 6.62. The van der Waals surface area contributed by atoms with Crippen LogP contribution >= 0.6 is 15.9 Å². The fourth-order valence-corrected chi connectivity index (χ4v) is 4.20. The van der Waals surface area contributed by atoms with Crippen molar-refractivity contribution >= 4 is 15.9 Å². The highest BCUT2D eigenvalue weighted by Gasteiger charge is 2.41. The fourth-order valence-electron chi connectivity index (χ4n) is 3.64. The van der Waals surface area contributed by atoms with Gasteiger partial charge in [0.2, 0.25) is 0 Å². The Hall–Kier alpha value is -0.540. The second-order valence-corrected chi connectivity index (χ2v) is 7.53. The first-order valence-corrected chi connectivity index (χ1v) is 8.10. The van der Waals surface area contributed by atoms with Crippen molar-refractivity contribution in [2.24, 2.45) is 11.3 Å². The Morgan fingerprint density at radius 1 is 1.40 bits per heavy atom. The van der Waals surface area contributed by atoms with E-state index in [1.54, 1.807) is 7.11 Å². The van der Waals surface area contributed by atoms with Crippen LogP contribution in [-0.4, -0.2) is 12.2 Å². The van der Waals surface area contributed by atoms with Crippen LogP contribution in [0, 0.1) is 25.2 Å². The monoisotopic (exact) mass is 340 g/mol. The van der Waals surface area contributed by atoms with E-state index < -0.39 is 6.10 Å². The number of ether oxygens (including phenoxy) is 1. The number of hydrogen-bond donors (Lipinski definition) is 1. The van der Waals surface area contributed by atoms with Crippen LogP contribution in [-0.2, 0) is 0 Å². The highest BCUT2D eigenvalue weighted by molar-refractivity contribution is 9.10. The molecule has 1 aromatic carbocycles. The molecular weight excluding hydrogens is 316 g/mol. The molecule has 1 aliphatic rings. The van der Waals surface area contributed by atoms with Crippen LogP contribution in [0.25, 0.3) is 0 Å². The Morgan fingerprint density at radius 3 is 2.55 bits per heavy atom. The van der Waals surface area contributed by atoms with Crippen molar-refractivity contribution in [1.82, 2.24) is 0 Å². The Labute approximate surface area is 130 Å². The van der Waals surface area contributed by atoms with Crippen LogP contribution in [0.1, 0.15) is 55.9 Å². The molecule has 0 heterocycles. The lowest BCUT2D eigenvalue weighted by Gasteiger charge is -2.33. The maximum absolute atomic E-state index is 11.0. The number of benzene rings is 1. The molecule has 0 amide bonds. The number of methoxy groups -OCH3 is 1. The largest absolute Gasteiger partial charge is 0.496 e. The van der Waals surface area contributed by atoms with Crippen LogP contribution < -0.4 is 4.74 Å². The topological polar surface area (TPSA) is 29.5 Å². The van der Waals surface area contributed by atoms with Gasteiger partial charge in [-0.1, -0.05) is 36.2 Å². The van der Waals surface area contributed by atoms with Crippen LogP contribution in [0.5, 0.6) is 5.75 Å². The molecule has 1 aliphatic carbocycles. The van der Waals surface area contributed by atoms with Gasteiger partial charge in [0.15, 0.2) is 0 Å². The lowest BCUT2D eigenvalue weighted by molar-refractivity contribution is 0.0507. The minimum atomic E-state index is -0.460. The fraction of sp³-hybridized carbons (Fsp3) is 0.647. The first-order valence-electron chi connectivity index (χ1n) is 7.31. The molecule has 2 rings (SSSR count). The van der Waals surface area contributed by atoms with E-state index >= 15 is 0 Å². The van der Waals surface area contributed by atoms with Crippen molar-refractivity contribution in [1.29, 1.82) is 0 Å². The molecule has 1 saturated carbocycles. The predicted molar refractivity (Wildman–Crippen MR) is 86.2 cm³/mol. The molecule has 20 heavy (non-hydrogen) atoms. The van der Waals surface area contributed by atoms with E-state index in [0.29, 0.717) is 5.92 Å². The lowest BCUT2D eigenvalue weighted by Crippen LogP contribution is -2.25. The molecule has 3 heteroatoms. The van der Waals surface area contributed by atoms with Crippen LogP contribution in [0.2, 0.25) is 0 Å². The third-order valence-electron chi connectivity index (χ3n) is 4.93. The lowest BCUT2D eigenvalue weighted by atomic mass is 9.75. The third kappa shape index (κ3) is 2.62. The Kier molecular flexibility index (Phi) is 4.50. The van der Waals surface area contributed by atoms with E-state index in [4.69, 9.17) is 4.74 Å². The van der Waals surface area contributed by atoms with Crippen LogP contribution in [0.3, 0.4) is 0 Å². The number of halogens is 1. The van der Waals surface area contributed by atoms with E-state index in [0.717, 1.165) is 33.3 Å². The molecule has 2 nitrogen and oxygen atoms in total. The van der Waals surface area contributed by atoms with Gasteiger partial charge in [0.05, 0.1) is 13.2 Å². The molecule has 0 saturated heterocycles. The molecule has 1 N–H and O–H groups in total. The average Bonchev–Trinajstić information content (AvgIpc) is 2.72. The zero-order valence-electron chi connectivity index (χ0n) is 13.1. The summed E-state index contributed by atoms with van der Waals surface area (Å²) in [5.74, 6) is 1.13. The van der Waals surface area contributed by atoms with Gasteiger partial charge in [-0.15, -0.1) is 0 Å². The van der Waals surface area contributed by atoms with Gasteiger partial charge in [-0.3, -0.25) is 0 Å². The summed E-state index contributed by atoms with van der Waals surface area (Å²) >= 11 is 3.60. The van der Waals surface area contributed by atoms with E-state index in [-0.39, 0.29) is 5.41 Å². The van der Waals surface area contributed by atoms with E-state index in [9.17, 15) is 5.11 Å². The Balaban J connectivity index is 2.51. The van der Waals surface area contributed by atoms with Crippen molar-refractivity contribution in [3.8, 4) is 5.75 Å². The first kappa shape index (κ1) is 15.8. The van der Waals surface area contributed by atoms with Gasteiger partial charge in [0.25, 0.3) is 0 Å². The van der Waals surface area contributed by atoms with Crippen LogP contribution in [0.4, 0.5) is 0 Å². The third-order valence-corrected chi connectivity index (χ3v) is 5.75. The molecule has 2 unspecified atom stereocenters. The molecule has 0 bridgehead atoms. The second kappa shape index (κ2) is 5.69. The molecule has 1 fully saturated rings. The van der Waals surface area contributed by atoms with Crippen molar-refractivity contribution in [3.63, 3.8) is 0 Å². The summed E-state index contributed by atoms with van der Waals surface area (Å²) in [6, 6.07) is 2.06. The molecule has 0 aromatic heterocycles. The molecule has 0 spiro atoms. The number of rotatable bonds is 3. The van der Waals surface area contributed by atoms with E-state index in [1.165, 1.54) is 12.8 Å². The summed E-state index contributed by atoms with van der Waals surface area (Å²) in [7, 11) is 1.69. The zero-order chi connectivity index (χ0) is 15.1. The maximum Gasteiger partial charge on any atom is 0.127 e. The van der Waals surface area contributed by atoms with E-state index in [2.05, 4.69) is 35.8 Å². The number of aliphatic hydroxyl groups excluding tert-OH is 1. The van der Waals surface area contributed by atoms with Crippen molar-refractivity contribution < 1.29 is 9.84 Å².